The van der Waals surface area contributed by atoms with E-state index in [1.165, 1.54) is 6.33 Å². The Morgan fingerprint density at radius 3 is 2.69 bits per heavy atom. The molecule has 0 aliphatic heterocycles. The quantitative estimate of drug-likeness (QED) is 0.674. The lowest BCUT2D eigenvalue weighted by molar-refractivity contribution is 0.185. The van der Waals surface area contributed by atoms with Crippen molar-refractivity contribution in [1.29, 1.82) is 0 Å². The fourth-order valence-corrected chi connectivity index (χ4v) is 3.68. The van der Waals surface area contributed by atoms with Crippen molar-refractivity contribution < 1.29 is 4.79 Å². The van der Waals surface area contributed by atoms with Crippen LogP contribution in [-0.4, -0.2) is 20.8 Å². The minimum Gasteiger partial charge on any atom is -0.328 e. The van der Waals surface area contributed by atoms with Gasteiger partial charge in [-0.1, -0.05) is 40.2 Å². The number of para-hydroxylation sites is 2. The summed E-state index contributed by atoms with van der Waals surface area (Å²) in [5, 5.41) is 10.3. The zero-order valence-corrected chi connectivity index (χ0v) is 15.6. The molecule has 26 heavy (non-hydrogen) atoms. The van der Waals surface area contributed by atoms with Gasteiger partial charge in [0, 0.05) is 4.47 Å². The molecule has 2 N–H and O–H groups in total. The average Bonchev–Trinajstić information content (AvgIpc) is 3.13. The fourth-order valence-electron chi connectivity index (χ4n) is 3.28. The Morgan fingerprint density at radius 1 is 1.15 bits per heavy atom. The van der Waals surface area contributed by atoms with Crippen molar-refractivity contribution in [2.75, 3.05) is 5.32 Å². The molecule has 1 aromatic heterocycles. The molecule has 1 aliphatic carbocycles. The number of benzene rings is 2. The zero-order chi connectivity index (χ0) is 18.0. The molecule has 6 nitrogen and oxygen atoms in total. The average molecular weight is 412 g/mol. The molecule has 0 unspecified atom stereocenters. The summed E-state index contributed by atoms with van der Waals surface area (Å²) in [5.41, 5.74) is 2.26. The summed E-state index contributed by atoms with van der Waals surface area (Å²) in [6.45, 7) is 0. The highest BCUT2D eigenvalue weighted by atomic mass is 79.9. The van der Waals surface area contributed by atoms with Gasteiger partial charge >= 0.3 is 6.03 Å². The Kier molecular flexibility index (Phi) is 4.46. The lowest BCUT2D eigenvalue weighted by atomic mass is 9.72. The predicted molar refractivity (Wildman–Crippen MR) is 103 cm³/mol. The highest BCUT2D eigenvalue weighted by Crippen LogP contribution is 2.42. The van der Waals surface area contributed by atoms with E-state index in [9.17, 15) is 4.79 Å². The summed E-state index contributed by atoms with van der Waals surface area (Å²) < 4.78 is 2.64. The van der Waals surface area contributed by atoms with E-state index in [0.717, 1.165) is 35.0 Å². The Bertz CT molecular complexity index is 921. The van der Waals surface area contributed by atoms with Gasteiger partial charge in [0.1, 0.15) is 12.7 Å². The van der Waals surface area contributed by atoms with Gasteiger partial charge in [-0.3, -0.25) is 0 Å². The van der Waals surface area contributed by atoms with Gasteiger partial charge in [-0.05, 0) is 49.1 Å². The molecule has 1 aliphatic rings. The molecule has 1 fully saturated rings. The molecule has 2 aromatic carbocycles. The minimum absolute atomic E-state index is 0.225. The second kappa shape index (κ2) is 6.92. The second-order valence-electron chi connectivity index (χ2n) is 6.38. The smallest absolute Gasteiger partial charge is 0.319 e. The molecule has 132 valence electrons. The van der Waals surface area contributed by atoms with E-state index in [-0.39, 0.29) is 11.6 Å². The van der Waals surface area contributed by atoms with E-state index in [0.29, 0.717) is 5.69 Å². The number of hydrogen-bond acceptors (Lipinski definition) is 3. The van der Waals surface area contributed by atoms with Gasteiger partial charge in [-0.2, -0.15) is 5.10 Å². The summed E-state index contributed by atoms with van der Waals surface area (Å²) in [4.78, 5) is 16.7. The number of amides is 2. The van der Waals surface area contributed by atoms with E-state index >= 15 is 0 Å². The van der Waals surface area contributed by atoms with Gasteiger partial charge in [0.05, 0.1) is 16.9 Å². The van der Waals surface area contributed by atoms with Crippen molar-refractivity contribution in [3.63, 3.8) is 0 Å². The van der Waals surface area contributed by atoms with Crippen molar-refractivity contribution in [3.8, 4) is 5.69 Å². The van der Waals surface area contributed by atoms with E-state index < -0.39 is 0 Å². The Hall–Kier alpha value is -2.67. The molecule has 0 radical (unpaired) electrons. The Morgan fingerprint density at radius 2 is 2.00 bits per heavy atom. The second-order valence-corrected chi connectivity index (χ2v) is 7.30. The number of carbonyl (C=O) groups excluding carboxylic acids is 1. The zero-order valence-electron chi connectivity index (χ0n) is 14.0. The van der Waals surface area contributed by atoms with E-state index in [1.54, 1.807) is 11.0 Å². The molecule has 1 saturated carbocycles. The number of nitrogens with zero attached hydrogens (tertiary/aromatic N) is 3. The molecule has 0 atom stereocenters. The normalized spacial score (nSPS) is 15.1. The highest BCUT2D eigenvalue weighted by molar-refractivity contribution is 9.10. The molecule has 0 saturated heterocycles. The van der Waals surface area contributed by atoms with Crippen LogP contribution >= 0.6 is 15.9 Å². The molecular weight excluding hydrogens is 394 g/mol. The maximum Gasteiger partial charge on any atom is 0.319 e. The summed E-state index contributed by atoms with van der Waals surface area (Å²) in [6.07, 6.45) is 6.03. The molecule has 4 rings (SSSR count). The van der Waals surface area contributed by atoms with Crippen molar-refractivity contribution in [1.82, 2.24) is 20.1 Å². The number of carbonyl (C=O) groups is 1. The van der Waals surface area contributed by atoms with Crippen LogP contribution in [0.4, 0.5) is 10.5 Å². The van der Waals surface area contributed by atoms with Gasteiger partial charge in [-0.15, -0.1) is 0 Å². The van der Waals surface area contributed by atoms with Crippen molar-refractivity contribution in [2.24, 2.45) is 0 Å². The third-order valence-corrected chi connectivity index (χ3v) is 5.25. The van der Waals surface area contributed by atoms with Crippen LogP contribution in [0.2, 0.25) is 0 Å². The van der Waals surface area contributed by atoms with Crippen molar-refractivity contribution >= 4 is 27.6 Å². The first kappa shape index (κ1) is 16.8. The standard InChI is InChI=1S/C19H18BrN5O/c20-15-6-3-5-14(11-15)19(9-4-10-19)24-18(26)23-16-7-1-2-8-17(16)25-13-21-12-22-25/h1-3,5-8,11-13H,4,9-10H2,(H2,23,24,26). The van der Waals surface area contributed by atoms with Gasteiger partial charge in [-0.25, -0.2) is 14.5 Å². The van der Waals surface area contributed by atoms with Gasteiger partial charge in [0.2, 0.25) is 0 Å². The maximum absolute atomic E-state index is 12.7. The van der Waals surface area contributed by atoms with Crippen LogP contribution in [0.1, 0.15) is 24.8 Å². The van der Waals surface area contributed by atoms with Crippen LogP contribution in [0.3, 0.4) is 0 Å². The summed E-state index contributed by atoms with van der Waals surface area (Å²) in [6, 6.07) is 15.4. The van der Waals surface area contributed by atoms with Crippen molar-refractivity contribution in [3.05, 3.63) is 71.2 Å². The van der Waals surface area contributed by atoms with Crippen LogP contribution in [-0.2, 0) is 5.54 Å². The lowest BCUT2D eigenvalue weighted by Gasteiger charge is -2.43. The predicted octanol–water partition coefficient (Wildman–Crippen LogP) is 4.23. The summed E-state index contributed by atoms with van der Waals surface area (Å²) in [5.74, 6) is 0. The molecule has 2 amide bonds. The summed E-state index contributed by atoms with van der Waals surface area (Å²) in [7, 11) is 0. The van der Waals surface area contributed by atoms with Crippen LogP contribution in [0, 0.1) is 0 Å². The molecule has 3 aromatic rings. The first-order valence-corrected chi connectivity index (χ1v) is 9.25. The SMILES string of the molecule is O=C(Nc1ccccc1-n1cncn1)NC1(c2cccc(Br)c2)CCC1. The number of rotatable bonds is 4. The van der Waals surface area contributed by atoms with Crippen LogP contribution < -0.4 is 10.6 Å². The highest BCUT2D eigenvalue weighted by Gasteiger charge is 2.40. The molecule has 0 spiro atoms. The van der Waals surface area contributed by atoms with E-state index in [4.69, 9.17) is 0 Å². The first-order chi connectivity index (χ1) is 12.7. The number of hydrogen-bond donors (Lipinski definition) is 2. The van der Waals surface area contributed by atoms with E-state index in [1.807, 2.05) is 36.4 Å². The largest absolute Gasteiger partial charge is 0.328 e. The topological polar surface area (TPSA) is 71.8 Å². The first-order valence-electron chi connectivity index (χ1n) is 8.46. The van der Waals surface area contributed by atoms with Crippen LogP contribution in [0.5, 0.6) is 0 Å². The molecular formula is C19H18BrN5O. The summed E-state index contributed by atoms with van der Waals surface area (Å²) >= 11 is 3.52. The number of nitrogens with one attached hydrogen (secondary N) is 2. The maximum atomic E-state index is 12.7. The third-order valence-electron chi connectivity index (χ3n) is 4.75. The number of aromatic nitrogens is 3. The van der Waals surface area contributed by atoms with Gasteiger partial charge < -0.3 is 10.6 Å². The van der Waals surface area contributed by atoms with Crippen LogP contribution in [0.15, 0.2) is 65.7 Å². The molecule has 7 heteroatoms. The Labute approximate surface area is 159 Å². The van der Waals surface area contributed by atoms with Gasteiger partial charge in [0.25, 0.3) is 0 Å². The van der Waals surface area contributed by atoms with E-state index in [2.05, 4.69) is 48.8 Å². The molecule has 0 bridgehead atoms. The lowest BCUT2D eigenvalue weighted by Crippen LogP contribution is -2.52. The molecule has 1 heterocycles. The monoisotopic (exact) mass is 411 g/mol. The fraction of sp³-hybridized carbons (Fsp3) is 0.211. The van der Waals surface area contributed by atoms with Crippen molar-refractivity contribution in [2.45, 2.75) is 24.8 Å². The number of halogens is 1. The Balaban J connectivity index is 1.54. The third kappa shape index (κ3) is 3.22. The minimum atomic E-state index is -0.309. The number of anilines is 1. The van der Waals surface area contributed by atoms with Crippen LogP contribution in [0.25, 0.3) is 5.69 Å². The number of urea groups is 1. The van der Waals surface area contributed by atoms with Gasteiger partial charge in [0.15, 0.2) is 0 Å².